The van der Waals surface area contributed by atoms with E-state index in [1.807, 2.05) is 30.3 Å². The first-order valence-corrected chi connectivity index (χ1v) is 6.96. The van der Waals surface area contributed by atoms with Crippen LogP contribution >= 0.6 is 15.9 Å². The molecular weight excluding hydrogens is 279 g/mol. The monoisotopic (exact) mass is 294 g/mol. The van der Waals surface area contributed by atoms with Gasteiger partial charge >= 0.3 is 0 Å². The number of alkyl halides is 1. The van der Waals surface area contributed by atoms with E-state index in [2.05, 4.69) is 22.9 Å². The van der Waals surface area contributed by atoms with Crippen LogP contribution in [0, 0.1) is 5.82 Å². The Labute approximate surface area is 110 Å². The van der Waals surface area contributed by atoms with E-state index in [0.29, 0.717) is 10.2 Å². The fourth-order valence-electron chi connectivity index (χ4n) is 2.10. The predicted octanol–water partition coefficient (Wildman–Crippen LogP) is 5.61. The molecule has 2 heteroatoms. The Bertz CT molecular complexity index is 507. The molecule has 0 saturated heterocycles. The van der Waals surface area contributed by atoms with Crippen LogP contribution in [0.1, 0.15) is 36.6 Å². The third kappa shape index (κ3) is 2.68. The average Bonchev–Trinajstić information content (AvgIpc) is 2.37. The van der Waals surface area contributed by atoms with Gasteiger partial charge in [-0.1, -0.05) is 66.0 Å². The van der Waals surface area contributed by atoms with Crippen LogP contribution < -0.4 is 0 Å². The smallest absolute Gasteiger partial charge is 0.131 e. The summed E-state index contributed by atoms with van der Waals surface area (Å²) in [5.41, 5.74) is 1.19. The zero-order chi connectivity index (χ0) is 12.3. The second-order valence-corrected chi connectivity index (χ2v) is 5.40. The number of hydrogen-bond donors (Lipinski definition) is 0. The Kier molecular flexibility index (Phi) is 4.16. The summed E-state index contributed by atoms with van der Waals surface area (Å²) in [5, 5.41) is 1.73. The van der Waals surface area contributed by atoms with E-state index in [4.69, 9.17) is 0 Å². The zero-order valence-corrected chi connectivity index (χ0v) is 11.5. The van der Waals surface area contributed by atoms with Crippen LogP contribution in [0.15, 0.2) is 36.4 Å². The highest BCUT2D eigenvalue weighted by atomic mass is 79.9. The summed E-state index contributed by atoms with van der Waals surface area (Å²) in [6, 6.07) is 11.1. The summed E-state index contributed by atoms with van der Waals surface area (Å²) in [6.45, 7) is 2.18. The molecule has 0 radical (unpaired) electrons. The summed E-state index contributed by atoms with van der Waals surface area (Å²) in [6.07, 6.45) is 3.45. The van der Waals surface area contributed by atoms with Crippen molar-refractivity contribution in [1.82, 2.24) is 0 Å². The fourth-order valence-corrected chi connectivity index (χ4v) is 2.82. The molecule has 0 N–H and O–H groups in total. The van der Waals surface area contributed by atoms with Crippen LogP contribution in [0.2, 0.25) is 0 Å². The average molecular weight is 295 g/mol. The van der Waals surface area contributed by atoms with Gasteiger partial charge in [-0.25, -0.2) is 4.39 Å². The number of hydrogen-bond acceptors (Lipinski definition) is 0. The van der Waals surface area contributed by atoms with Gasteiger partial charge in [-0.15, -0.1) is 0 Å². The van der Waals surface area contributed by atoms with E-state index in [9.17, 15) is 4.39 Å². The Morgan fingerprint density at radius 1 is 1.12 bits per heavy atom. The number of rotatable bonds is 4. The Hall–Kier alpha value is -0.890. The second kappa shape index (κ2) is 5.63. The Morgan fingerprint density at radius 3 is 2.53 bits per heavy atom. The van der Waals surface area contributed by atoms with Crippen LogP contribution in [0.25, 0.3) is 10.8 Å². The molecule has 2 aromatic rings. The normalized spacial score (nSPS) is 12.9. The fraction of sp³-hybridized carbons (Fsp3) is 0.333. The number of benzene rings is 2. The summed E-state index contributed by atoms with van der Waals surface area (Å²) < 4.78 is 13.7. The van der Waals surface area contributed by atoms with Gasteiger partial charge in [-0.05, 0) is 23.4 Å². The summed E-state index contributed by atoms with van der Waals surface area (Å²) in [4.78, 5) is 0.313. The van der Waals surface area contributed by atoms with Gasteiger partial charge in [-0.3, -0.25) is 0 Å². The van der Waals surface area contributed by atoms with E-state index in [0.717, 1.165) is 11.8 Å². The standard InChI is InChI=1S/C15H16BrF/c1-2-3-8-14(16)12-9-10-15(17)13-7-5-4-6-11(12)13/h4-7,9-10,14H,2-3,8H2,1H3. The van der Waals surface area contributed by atoms with Crippen molar-refractivity contribution in [1.29, 1.82) is 0 Å². The Balaban J connectivity index is 2.44. The third-order valence-electron chi connectivity index (χ3n) is 3.05. The lowest BCUT2D eigenvalue weighted by Gasteiger charge is -2.13. The molecule has 0 nitrogen and oxygen atoms in total. The molecule has 0 aliphatic rings. The van der Waals surface area contributed by atoms with Crippen LogP contribution in [-0.4, -0.2) is 0 Å². The van der Waals surface area contributed by atoms with Crippen LogP contribution in [0.3, 0.4) is 0 Å². The van der Waals surface area contributed by atoms with Gasteiger partial charge in [0.2, 0.25) is 0 Å². The maximum atomic E-state index is 13.7. The van der Waals surface area contributed by atoms with Crippen molar-refractivity contribution in [3.8, 4) is 0 Å². The van der Waals surface area contributed by atoms with E-state index >= 15 is 0 Å². The van der Waals surface area contributed by atoms with E-state index < -0.39 is 0 Å². The molecule has 2 aromatic carbocycles. The van der Waals surface area contributed by atoms with E-state index in [1.54, 1.807) is 6.07 Å². The highest BCUT2D eigenvalue weighted by Gasteiger charge is 2.12. The van der Waals surface area contributed by atoms with Crippen molar-refractivity contribution in [2.75, 3.05) is 0 Å². The molecule has 0 aliphatic carbocycles. The van der Waals surface area contributed by atoms with Gasteiger partial charge in [0.25, 0.3) is 0 Å². The molecule has 0 aliphatic heterocycles. The van der Waals surface area contributed by atoms with Gasteiger partial charge in [0.05, 0.1) is 0 Å². The summed E-state index contributed by atoms with van der Waals surface area (Å²) in [7, 11) is 0. The lowest BCUT2D eigenvalue weighted by atomic mass is 9.99. The molecule has 0 bridgehead atoms. The molecule has 0 spiro atoms. The molecule has 90 valence electrons. The molecule has 0 saturated carbocycles. The third-order valence-corrected chi connectivity index (χ3v) is 4.00. The Morgan fingerprint density at radius 2 is 1.82 bits per heavy atom. The summed E-state index contributed by atoms with van der Waals surface area (Å²) >= 11 is 3.71. The molecule has 2 rings (SSSR count). The number of halogens is 2. The van der Waals surface area contributed by atoms with E-state index in [1.165, 1.54) is 18.4 Å². The first-order valence-electron chi connectivity index (χ1n) is 6.05. The first kappa shape index (κ1) is 12.6. The predicted molar refractivity (Wildman–Crippen MR) is 75.1 cm³/mol. The van der Waals surface area contributed by atoms with Crippen molar-refractivity contribution in [3.05, 3.63) is 47.8 Å². The molecule has 17 heavy (non-hydrogen) atoms. The van der Waals surface area contributed by atoms with Crippen molar-refractivity contribution in [2.24, 2.45) is 0 Å². The minimum atomic E-state index is -0.139. The van der Waals surface area contributed by atoms with Crippen molar-refractivity contribution in [2.45, 2.75) is 31.0 Å². The van der Waals surface area contributed by atoms with Gasteiger partial charge in [0, 0.05) is 10.2 Å². The van der Waals surface area contributed by atoms with Crippen LogP contribution in [0.5, 0.6) is 0 Å². The van der Waals surface area contributed by atoms with Crippen molar-refractivity contribution < 1.29 is 4.39 Å². The van der Waals surface area contributed by atoms with Gasteiger partial charge in [0.15, 0.2) is 0 Å². The largest absolute Gasteiger partial charge is 0.206 e. The highest BCUT2D eigenvalue weighted by molar-refractivity contribution is 9.09. The SMILES string of the molecule is CCCCC(Br)c1ccc(F)c2ccccc12. The molecule has 0 amide bonds. The van der Waals surface area contributed by atoms with Crippen LogP contribution in [0.4, 0.5) is 4.39 Å². The minimum Gasteiger partial charge on any atom is -0.206 e. The van der Waals surface area contributed by atoms with Gasteiger partial charge < -0.3 is 0 Å². The second-order valence-electron chi connectivity index (χ2n) is 4.29. The number of unbranched alkanes of at least 4 members (excludes halogenated alkanes) is 1. The zero-order valence-electron chi connectivity index (χ0n) is 9.92. The lowest BCUT2D eigenvalue weighted by Crippen LogP contribution is -1.93. The highest BCUT2D eigenvalue weighted by Crippen LogP contribution is 2.34. The topological polar surface area (TPSA) is 0 Å². The van der Waals surface area contributed by atoms with Gasteiger partial charge in [-0.2, -0.15) is 0 Å². The molecular formula is C15H16BrF. The molecule has 1 atom stereocenters. The van der Waals surface area contributed by atoms with Crippen molar-refractivity contribution in [3.63, 3.8) is 0 Å². The summed E-state index contributed by atoms with van der Waals surface area (Å²) in [5.74, 6) is -0.139. The van der Waals surface area contributed by atoms with E-state index in [-0.39, 0.29) is 5.82 Å². The van der Waals surface area contributed by atoms with Crippen molar-refractivity contribution >= 4 is 26.7 Å². The first-order chi connectivity index (χ1) is 8.24. The molecule has 0 aromatic heterocycles. The van der Waals surface area contributed by atoms with Gasteiger partial charge in [0.1, 0.15) is 5.82 Å². The lowest BCUT2D eigenvalue weighted by molar-refractivity contribution is 0.638. The molecule has 0 heterocycles. The maximum Gasteiger partial charge on any atom is 0.131 e. The molecule has 0 fully saturated rings. The molecule has 1 unspecified atom stereocenters. The number of fused-ring (bicyclic) bond motifs is 1. The minimum absolute atomic E-state index is 0.139. The van der Waals surface area contributed by atoms with Crippen LogP contribution in [-0.2, 0) is 0 Å². The quantitative estimate of drug-likeness (QED) is 0.643. The maximum absolute atomic E-state index is 13.7.